The van der Waals surface area contributed by atoms with Crippen molar-refractivity contribution in [1.82, 2.24) is 4.98 Å². The number of hydrogen-bond acceptors (Lipinski definition) is 2. The predicted molar refractivity (Wildman–Crippen MR) is 50.0 cm³/mol. The van der Waals surface area contributed by atoms with E-state index in [1.165, 1.54) is 17.7 Å². The van der Waals surface area contributed by atoms with Gasteiger partial charge in [0.05, 0.1) is 0 Å². The molecule has 0 bridgehead atoms. The number of rotatable bonds is 1. The van der Waals surface area contributed by atoms with Crippen molar-refractivity contribution < 1.29 is 0 Å². The standard InChI is InChI=1S/C10H12N2/c1-9-4-7-12(8-9)10-2-5-11-6-3-10/h2-3,5-6,8H,4,7H2,1H3. The highest BCUT2D eigenvalue weighted by atomic mass is 15.1. The topological polar surface area (TPSA) is 16.1 Å². The van der Waals surface area contributed by atoms with Crippen LogP contribution in [0, 0.1) is 0 Å². The van der Waals surface area contributed by atoms with Crippen LogP contribution in [-0.4, -0.2) is 11.5 Å². The highest BCUT2D eigenvalue weighted by Gasteiger charge is 2.09. The van der Waals surface area contributed by atoms with E-state index in [2.05, 4.69) is 23.0 Å². The summed E-state index contributed by atoms with van der Waals surface area (Å²) in [5.74, 6) is 0. The van der Waals surface area contributed by atoms with Gasteiger partial charge in [-0.1, -0.05) is 5.57 Å². The summed E-state index contributed by atoms with van der Waals surface area (Å²) in [6.45, 7) is 3.27. The molecule has 0 amide bonds. The Morgan fingerprint density at radius 3 is 2.67 bits per heavy atom. The van der Waals surface area contributed by atoms with E-state index in [1.54, 1.807) is 0 Å². The molecule has 0 N–H and O–H groups in total. The fourth-order valence-corrected chi connectivity index (χ4v) is 1.43. The second kappa shape index (κ2) is 2.97. The van der Waals surface area contributed by atoms with Crippen molar-refractivity contribution in [3.8, 4) is 0 Å². The third-order valence-electron chi connectivity index (χ3n) is 2.12. The van der Waals surface area contributed by atoms with Crippen LogP contribution in [0.25, 0.3) is 0 Å². The van der Waals surface area contributed by atoms with Gasteiger partial charge in [0.15, 0.2) is 0 Å². The van der Waals surface area contributed by atoms with Gasteiger partial charge in [0.2, 0.25) is 0 Å². The lowest BCUT2D eigenvalue weighted by Gasteiger charge is -2.14. The van der Waals surface area contributed by atoms with Gasteiger partial charge in [0, 0.05) is 30.8 Å². The highest BCUT2D eigenvalue weighted by molar-refractivity contribution is 5.50. The molecule has 2 nitrogen and oxygen atoms in total. The number of hydrogen-bond donors (Lipinski definition) is 0. The molecule has 0 aliphatic carbocycles. The fraction of sp³-hybridized carbons (Fsp3) is 0.300. The number of nitrogens with zero attached hydrogens (tertiary/aromatic N) is 2. The molecular formula is C10H12N2. The van der Waals surface area contributed by atoms with Crippen LogP contribution in [0.4, 0.5) is 5.69 Å². The van der Waals surface area contributed by atoms with E-state index in [4.69, 9.17) is 0 Å². The maximum absolute atomic E-state index is 3.99. The molecule has 12 heavy (non-hydrogen) atoms. The first-order chi connectivity index (χ1) is 5.86. The average Bonchev–Trinajstić information content (AvgIpc) is 2.54. The molecule has 0 fully saturated rings. The van der Waals surface area contributed by atoms with Crippen molar-refractivity contribution in [2.45, 2.75) is 13.3 Å². The summed E-state index contributed by atoms with van der Waals surface area (Å²) in [7, 11) is 0. The Kier molecular flexibility index (Phi) is 1.82. The van der Waals surface area contributed by atoms with Gasteiger partial charge in [-0.3, -0.25) is 4.98 Å². The summed E-state index contributed by atoms with van der Waals surface area (Å²) < 4.78 is 0. The smallest absolute Gasteiger partial charge is 0.0437 e. The second-order valence-electron chi connectivity index (χ2n) is 3.12. The maximum atomic E-state index is 3.99. The van der Waals surface area contributed by atoms with Crippen molar-refractivity contribution >= 4 is 5.69 Å². The molecule has 0 aromatic carbocycles. The van der Waals surface area contributed by atoms with E-state index in [1.807, 2.05) is 24.5 Å². The Hall–Kier alpha value is -1.31. The molecule has 0 saturated carbocycles. The van der Waals surface area contributed by atoms with Crippen molar-refractivity contribution in [2.24, 2.45) is 0 Å². The van der Waals surface area contributed by atoms with Gasteiger partial charge in [-0.25, -0.2) is 0 Å². The lowest BCUT2D eigenvalue weighted by Crippen LogP contribution is -2.11. The highest BCUT2D eigenvalue weighted by Crippen LogP contribution is 2.20. The maximum Gasteiger partial charge on any atom is 0.0437 e. The van der Waals surface area contributed by atoms with E-state index in [-0.39, 0.29) is 0 Å². The van der Waals surface area contributed by atoms with Crippen molar-refractivity contribution in [3.63, 3.8) is 0 Å². The van der Waals surface area contributed by atoms with Crippen LogP contribution in [0.5, 0.6) is 0 Å². The Balaban J connectivity index is 2.22. The van der Waals surface area contributed by atoms with E-state index in [0.29, 0.717) is 0 Å². The summed E-state index contributed by atoms with van der Waals surface area (Å²) in [5.41, 5.74) is 2.69. The zero-order valence-electron chi connectivity index (χ0n) is 7.20. The minimum absolute atomic E-state index is 1.11. The largest absolute Gasteiger partial charge is 0.348 e. The molecule has 1 aliphatic heterocycles. The zero-order valence-corrected chi connectivity index (χ0v) is 7.20. The minimum atomic E-state index is 1.11. The normalized spacial score (nSPS) is 16.4. The molecular weight excluding hydrogens is 148 g/mol. The lowest BCUT2D eigenvalue weighted by atomic mass is 10.3. The van der Waals surface area contributed by atoms with Gasteiger partial charge >= 0.3 is 0 Å². The van der Waals surface area contributed by atoms with Gasteiger partial charge in [0.25, 0.3) is 0 Å². The third-order valence-corrected chi connectivity index (χ3v) is 2.12. The summed E-state index contributed by atoms with van der Waals surface area (Å²) in [6, 6.07) is 4.07. The Bertz CT molecular complexity index is 290. The van der Waals surface area contributed by atoms with Gasteiger partial charge in [0.1, 0.15) is 0 Å². The van der Waals surface area contributed by atoms with Gasteiger partial charge in [-0.2, -0.15) is 0 Å². The van der Waals surface area contributed by atoms with Crippen LogP contribution in [0.3, 0.4) is 0 Å². The summed E-state index contributed by atoms with van der Waals surface area (Å²) >= 11 is 0. The van der Waals surface area contributed by atoms with E-state index in [0.717, 1.165) is 6.54 Å². The number of aromatic nitrogens is 1. The zero-order chi connectivity index (χ0) is 8.39. The van der Waals surface area contributed by atoms with Crippen LogP contribution < -0.4 is 4.90 Å². The number of anilines is 1. The van der Waals surface area contributed by atoms with E-state index in [9.17, 15) is 0 Å². The average molecular weight is 160 g/mol. The van der Waals surface area contributed by atoms with Gasteiger partial charge < -0.3 is 4.90 Å². The molecule has 62 valence electrons. The quantitative estimate of drug-likeness (QED) is 0.626. The van der Waals surface area contributed by atoms with Crippen LogP contribution in [0.15, 0.2) is 36.3 Å². The van der Waals surface area contributed by atoms with Crippen LogP contribution >= 0.6 is 0 Å². The molecule has 0 unspecified atom stereocenters. The molecule has 0 radical (unpaired) electrons. The van der Waals surface area contributed by atoms with Gasteiger partial charge in [-0.05, 0) is 25.5 Å². The number of pyridine rings is 1. The Labute approximate surface area is 72.5 Å². The fourth-order valence-electron chi connectivity index (χ4n) is 1.43. The molecule has 2 rings (SSSR count). The first-order valence-electron chi connectivity index (χ1n) is 4.20. The SMILES string of the molecule is CC1=CN(c2ccncc2)CC1. The summed E-state index contributed by atoms with van der Waals surface area (Å²) in [6.07, 6.45) is 7.05. The van der Waals surface area contributed by atoms with Crippen LogP contribution in [0.2, 0.25) is 0 Å². The molecule has 1 aromatic rings. The first-order valence-corrected chi connectivity index (χ1v) is 4.20. The lowest BCUT2D eigenvalue weighted by molar-refractivity contribution is 0.975. The van der Waals surface area contributed by atoms with Gasteiger partial charge in [-0.15, -0.1) is 0 Å². The Morgan fingerprint density at radius 1 is 1.33 bits per heavy atom. The molecule has 2 heteroatoms. The molecule has 2 heterocycles. The third kappa shape index (κ3) is 1.33. The van der Waals surface area contributed by atoms with E-state index < -0.39 is 0 Å². The first kappa shape index (κ1) is 7.35. The van der Waals surface area contributed by atoms with Crippen molar-refractivity contribution in [1.29, 1.82) is 0 Å². The monoisotopic (exact) mass is 160 g/mol. The Morgan fingerprint density at radius 2 is 2.08 bits per heavy atom. The van der Waals surface area contributed by atoms with Crippen LogP contribution in [-0.2, 0) is 0 Å². The minimum Gasteiger partial charge on any atom is -0.348 e. The molecule has 1 aromatic heterocycles. The molecule has 0 atom stereocenters. The molecule has 1 aliphatic rings. The van der Waals surface area contributed by atoms with Crippen molar-refractivity contribution in [2.75, 3.05) is 11.4 Å². The van der Waals surface area contributed by atoms with Crippen LogP contribution in [0.1, 0.15) is 13.3 Å². The summed E-state index contributed by atoms with van der Waals surface area (Å²) in [4.78, 5) is 6.25. The summed E-state index contributed by atoms with van der Waals surface area (Å²) in [5, 5.41) is 0. The predicted octanol–water partition coefficient (Wildman–Crippen LogP) is 2.20. The molecule has 0 spiro atoms. The second-order valence-corrected chi connectivity index (χ2v) is 3.12. The molecule has 0 saturated heterocycles. The van der Waals surface area contributed by atoms with Crippen molar-refractivity contribution in [3.05, 3.63) is 36.3 Å². The van der Waals surface area contributed by atoms with E-state index >= 15 is 0 Å².